The summed E-state index contributed by atoms with van der Waals surface area (Å²) < 4.78 is 13.1. The van der Waals surface area contributed by atoms with Crippen LogP contribution in [0.4, 0.5) is 22.0 Å². The molecule has 25 heavy (non-hydrogen) atoms. The number of nitrogen functional groups attached to an aromatic ring is 1. The van der Waals surface area contributed by atoms with Crippen molar-refractivity contribution in [3.05, 3.63) is 30.1 Å². The zero-order valence-electron chi connectivity index (χ0n) is 14.4. The van der Waals surface area contributed by atoms with Gasteiger partial charge in [0, 0.05) is 26.2 Å². The number of nitrogens with two attached hydrogens (primary N) is 1. The summed E-state index contributed by atoms with van der Waals surface area (Å²) in [5, 5.41) is 3.04. The monoisotopic (exact) mass is 341 g/mol. The molecule has 0 saturated carbocycles. The van der Waals surface area contributed by atoms with Gasteiger partial charge in [-0.25, -0.2) is 19.3 Å². The molecule has 3 rings (SSSR count). The van der Waals surface area contributed by atoms with Gasteiger partial charge >= 0.3 is 0 Å². The summed E-state index contributed by atoms with van der Waals surface area (Å²) in [7, 11) is 3.69. The fraction of sp³-hybridized carbons (Fsp3) is 0.294. The van der Waals surface area contributed by atoms with Crippen LogP contribution in [-0.2, 0) is 0 Å². The lowest BCUT2D eigenvalue weighted by Crippen LogP contribution is -2.21. The molecular weight excluding hydrogens is 321 g/mol. The average Bonchev–Trinajstić information content (AvgIpc) is 2.61. The molecule has 3 aromatic rings. The largest absolute Gasteiger partial charge is 0.382 e. The van der Waals surface area contributed by atoms with Crippen LogP contribution in [0, 0.1) is 5.82 Å². The number of hydrogen-bond acceptors (Lipinski definition) is 7. The molecule has 0 radical (unpaired) electrons. The molecular formula is C17H20FN7. The van der Waals surface area contributed by atoms with E-state index in [9.17, 15) is 4.39 Å². The highest BCUT2D eigenvalue weighted by molar-refractivity contribution is 5.93. The van der Waals surface area contributed by atoms with Crippen molar-refractivity contribution in [3.8, 4) is 11.4 Å². The van der Waals surface area contributed by atoms with Crippen LogP contribution in [0.3, 0.4) is 0 Å². The molecule has 1 aromatic carbocycles. The highest BCUT2D eigenvalue weighted by Crippen LogP contribution is 2.27. The molecule has 0 fully saturated rings. The van der Waals surface area contributed by atoms with Crippen molar-refractivity contribution in [1.82, 2.24) is 19.9 Å². The Balaban J connectivity index is 2.17. The van der Waals surface area contributed by atoms with Crippen LogP contribution in [0.2, 0.25) is 0 Å². The summed E-state index contributed by atoms with van der Waals surface area (Å²) in [4.78, 5) is 19.9. The molecule has 130 valence electrons. The van der Waals surface area contributed by atoms with Crippen LogP contribution in [-0.4, -0.2) is 40.6 Å². The van der Waals surface area contributed by atoms with Gasteiger partial charge in [-0.1, -0.05) is 6.92 Å². The van der Waals surface area contributed by atoms with Gasteiger partial charge in [0.2, 0.25) is 5.95 Å². The van der Waals surface area contributed by atoms with Crippen LogP contribution in [0.15, 0.2) is 24.3 Å². The Morgan fingerprint density at radius 3 is 2.44 bits per heavy atom. The number of nitrogens with zero attached hydrogens (tertiary/aromatic N) is 5. The van der Waals surface area contributed by atoms with Gasteiger partial charge in [0.1, 0.15) is 16.9 Å². The molecule has 0 bridgehead atoms. The standard InChI is InChI=1S/C17H20FN7/c1-4-9-25(3)17-22-12-13(16(20-2)24-17)21-15(23-14(12)19)10-5-7-11(18)8-6-10/h5-8H,4,9H2,1-3H3,(H2,19,21,23)(H,20,22,24). The van der Waals surface area contributed by atoms with Crippen molar-refractivity contribution in [2.24, 2.45) is 0 Å². The van der Waals surface area contributed by atoms with E-state index in [1.165, 1.54) is 12.1 Å². The van der Waals surface area contributed by atoms with Crippen LogP contribution in [0.5, 0.6) is 0 Å². The molecule has 0 atom stereocenters. The molecule has 2 heterocycles. The van der Waals surface area contributed by atoms with Crippen molar-refractivity contribution in [2.75, 3.05) is 36.6 Å². The van der Waals surface area contributed by atoms with Crippen molar-refractivity contribution >= 4 is 28.6 Å². The lowest BCUT2D eigenvalue weighted by atomic mass is 10.2. The molecule has 0 spiro atoms. The number of fused-ring (bicyclic) bond motifs is 1. The maximum atomic E-state index is 13.1. The minimum absolute atomic E-state index is 0.259. The quantitative estimate of drug-likeness (QED) is 0.737. The van der Waals surface area contributed by atoms with Crippen molar-refractivity contribution in [2.45, 2.75) is 13.3 Å². The maximum absolute atomic E-state index is 13.1. The van der Waals surface area contributed by atoms with E-state index in [4.69, 9.17) is 5.73 Å². The van der Waals surface area contributed by atoms with Crippen LogP contribution >= 0.6 is 0 Å². The third kappa shape index (κ3) is 3.28. The van der Waals surface area contributed by atoms with E-state index in [1.807, 2.05) is 11.9 Å². The number of anilines is 3. The van der Waals surface area contributed by atoms with Gasteiger partial charge in [-0.3, -0.25) is 0 Å². The van der Waals surface area contributed by atoms with Crippen molar-refractivity contribution in [3.63, 3.8) is 0 Å². The first-order chi connectivity index (χ1) is 12.0. The number of halogens is 1. The SMILES string of the molecule is CCCN(C)c1nc(NC)c2nc(-c3ccc(F)cc3)nc(N)c2n1. The van der Waals surface area contributed by atoms with Gasteiger partial charge in [0.25, 0.3) is 0 Å². The highest BCUT2D eigenvalue weighted by Gasteiger charge is 2.16. The van der Waals surface area contributed by atoms with Gasteiger partial charge in [-0.05, 0) is 30.7 Å². The summed E-state index contributed by atoms with van der Waals surface area (Å²) in [5.74, 6) is 1.47. The lowest BCUT2D eigenvalue weighted by Gasteiger charge is -2.18. The molecule has 0 unspecified atom stereocenters. The number of benzene rings is 1. The second-order valence-corrected chi connectivity index (χ2v) is 5.68. The Labute approximate surface area is 145 Å². The minimum atomic E-state index is -0.319. The zero-order valence-corrected chi connectivity index (χ0v) is 14.4. The molecule has 2 aromatic heterocycles. The summed E-state index contributed by atoms with van der Waals surface area (Å²) in [5.41, 5.74) is 7.82. The Kier molecular flexibility index (Phi) is 4.60. The maximum Gasteiger partial charge on any atom is 0.227 e. The molecule has 8 heteroatoms. The number of nitrogens with one attached hydrogen (secondary N) is 1. The zero-order chi connectivity index (χ0) is 18.0. The summed E-state index contributed by atoms with van der Waals surface area (Å²) in [6.45, 7) is 2.91. The van der Waals surface area contributed by atoms with E-state index < -0.39 is 0 Å². The summed E-state index contributed by atoms with van der Waals surface area (Å²) >= 11 is 0. The van der Waals surface area contributed by atoms with Gasteiger partial charge in [0.15, 0.2) is 17.5 Å². The Bertz CT molecular complexity index is 896. The van der Waals surface area contributed by atoms with Crippen molar-refractivity contribution < 1.29 is 4.39 Å². The van der Waals surface area contributed by atoms with Crippen LogP contribution in [0.1, 0.15) is 13.3 Å². The predicted molar refractivity (Wildman–Crippen MR) is 98.0 cm³/mol. The van der Waals surface area contributed by atoms with E-state index in [0.717, 1.165) is 13.0 Å². The molecule has 7 nitrogen and oxygen atoms in total. The van der Waals surface area contributed by atoms with Crippen molar-refractivity contribution in [1.29, 1.82) is 0 Å². The average molecular weight is 341 g/mol. The third-order valence-corrected chi connectivity index (χ3v) is 3.80. The minimum Gasteiger partial charge on any atom is -0.382 e. The normalized spacial score (nSPS) is 10.9. The number of aromatic nitrogens is 4. The third-order valence-electron chi connectivity index (χ3n) is 3.80. The smallest absolute Gasteiger partial charge is 0.227 e. The Morgan fingerprint density at radius 2 is 1.80 bits per heavy atom. The van der Waals surface area contributed by atoms with Gasteiger partial charge in [-0.2, -0.15) is 4.98 Å². The van der Waals surface area contributed by atoms with Gasteiger partial charge in [0.05, 0.1) is 0 Å². The lowest BCUT2D eigenvalue weighted by molar-refractivity contribution is 0.628. The topological polar surface area (TPSA) is 92.9 Å². The van der Waals surface area contributed by atoms with E-state index in [2.05, 4.69) is 32.2 Å². The molecule has 0 saturated heterocycles. The Hall–Kier alpha value is -3.03. The Morgan fingerprint density at radius 1 is 1.08 bits per heavy atom. The van der Waals surface area contributed by atoms with E-state index in [0.29, 0.717) is 34.2 Å². The van der Waals surface area contributed by atoms with E-state index in [-0.39, 0.29) is 11.6 Å². The second-order valence-electron chi connectivity index (χ2n) is 5.68. The predicted octanol–water partition coefficient (Wildman–Crippen LogP) is 2.70. The van der Waals surface area contributed by atoms with E-state index >= 15 is 0 Å². The second kappa shape index (κ2) is 6.84. The van der Waals surface area contributed by atoms with Gasteiger partial charge < -0.3 is 16.0 Å². The first-order valence-corrected chi connectivity index (χ1v) is 8.03. The fourth-order valence-electron chi connectivity index (χ4n) is 2.53. The van der Waals surface area contributed by atoms with Gasteiger partial charge in [-0.15, -0.1) is 0 Å². The highest BCUT2D eigenvalue weighted by atomic mass is 19.1. The molecule has 0 aliphatic rings. The molecule has 0 aliphatic carbocycles. The molecule has 0 amide bonds. The first kappa shape index (κ1) is 16.8. The van der Waals surface area contributed by atoms with Crippen LogP contribution < -0.4 is 16.0 Å². The van der Waals surface area contributed by atoms with Crippen LogP contribution in [0.25, 0.3) is 22.4 Å². The molecule has 0 aliphatic heterocycles. The fourth-order valence-corrected chi connectivity index (χ4v) is 2.53. The number of rotatable bonds is 5. The van der Waals surface area contributed by atoms with E-state index in [1.54, 1.807) is 19.2 Å². The molecule has 3 N–H and O–H groups in total. The first-order valence-electron chi connectivity index (χ1n) is 8.03. The summed E-state index contributed by atoms with van der Waals surface area (Å²) in [6, 6.07) is 5.94. The summed E-state index contributed by atoms with van der Waals surface area (Å²) in [6.07, 6.45) is 0.974. The number of hydrogen-bond donors (Lipinski definition) is 2.